The zero-order valence-corrected chi connectivity index (χ0v) is 11.9. The number of methoxy groups -OCH3 is 1. The zero-order chi connectivity index (χ0) is 12.7. The average Bonchev–Trinajstić information content (AvgIpc) is 2.29. The van der Waals surface area contributed by atoms with Gasteiger partial charge in [-0.05, 0) is 12.7 Å². The molecule has 0 fully saturated rings. The van der Waals surface area contributed by atoms with E-state index in [2.05, 4.69) is 22.2 Å². The van der Waals surface area contributed by atoms with E-state index in [-0.39, 0.29) is 6.04 Å². The second kappa shape index (κ2) is 7.74. The largest absolute Gasteiger partial charge is 0.383 e. The third-order valence-electron chi connectivity index (χ3n) is 2.21. The Kier molecular flexibility index (Phi) is 6.62. The van der Waals surface area contributed by atoms with Gasteiger partial charge in [0.05, 0.1) is 12.6 Å². The third kappa shape index (κ3) is 5.10. The van der Waals surface area contributed by atoms with Gasteiger partial charge in [0.25, 0.3) is 0 Å². The molecule has 0 aliphatic heterocycles. The second-order valence-electron chi connectivity index (χ2n) is 3.65. The monoisotopic (exact) mass is 275 g/mol. The number of hydrogen-bond acceptors (Lipinski definition) is 5. The van der Waals surface area contributed by atoms with Crippen molar-refractivity contribution in [1.29, 1.82) is 0 Å². The van der Waals surface area contributed by atoms with Gasteiger partial charge in [0, 0.05) is 13.2 Å². The first-order valence-electron chi connectivity index (χ1n) is 5.53. The molecule has 0 saturated heterocycles. The van der Waals surface area contributed by atoms with Crippen molar-refractivity contribution in [2.75, 3.05) is 25.3 Å². The molecule has 1 heterocycles. The molecule has 0 aromatic carbocycles. The van der Waals surface area contributed by atoms with Gasteiger partial charge in [0.1, 0.15) is 11.0 Å². The molecule has 1 unspecified atom stereocenters. The van der Waals surface area contributed by atoms with Gasteiger partial charge >= 0.3 is 0 Å². The van der Waals surface area contributed by atoms with Gasteiger partial charge in [-0.3, -0.25) is 0 Å². The van der Waals surface area contributed by atoms with Crippen LogP contribution in [0.15, 0.2) is 11.2 Å². The molecule has 4 nitrogen and oxygen atoms in total. The number of thioether (sulfide) groups is 1. The maximum absolute atomic E-state index is 5.93. The lowest BCUT2D eigenvalue weighted by Crippen LogP contribution is -2.25. The Hall–Kier alpha value is -0.520. The maximum Gasteiger partial charge on any atom is 0.190 e. The highest BCUT2D eigenvalue weighted by Gasteiger charge is 2.09. The van der Waals surface area contributed by atoms with Gasteiger partial charge in [-0.2, -0.15) is 0 Å². The van der Waals surface area contributed by atoms with Gasteiger partial charge in [-0.1, -0.05) is 36.7 Å². The quantitative estimate of drug-likeness (QED) is 0.471. The first kappa shape index (κ1) is 14.5. The predicted molar refractivity (Wildman–Crippen MR) is 73.0 cm³/mol. The molecule has 1 aromatic rings. The van der Waals surface area contributed by atoms with Gasteiger partial charge in [0.15, 0.2) is 5.16 Å². The molecule has 1 atom stereocenters. The first-order chi connectivity index (χ1) is 8.19. The highest BCUT2D eigenvalue weighted by Crippen LogP contribution is 2.18. The number of aromatic nitrogens is 2. The summed E-state index contributed by atoms with van der Waals surface area (Å²) in [5, 5.41) is 4.45. The normalized spacial score (nSPS) is 12.5. The van der Waals surface area contributed by atoms with Crippen LogP contribution in [0.4, 0.5) is 5.82 Å². The van der Waals surface area contributed by atoms with Crippen LogP contribution in [0.1, 0.15) is 19.8 Å². The van der Waals surface area contributed by atoms with Gasteiger partial charge < -0.3 is 10.1 Å². The van der Waals surface area contributed by atoms with Crippen molar-refractivity contribution in [3.05, 3.63) is 11.2 Å². The van der Waals surface area contributed by atoms with Crippen LogP contribution in [0.3, 0.4) is 0 Å². The fourth-order valence-corrected chi connectivity index (χ4v) is 2.13. The zero-order valence-electron chi connectivity index (χ0n) is 10.4. The van der Waals surface area contributed by atoms with E-state index in [1.54, 1.807) is 13.2 Å². The minimum atomic E-state index is 0.255. The summed E-state index contributed by atoms with van der Waals surface area (Å²) in [6.07, 6.45) is 4.05. The topological polar surface area (TPSA) is 47.0 Å². The molecular formula is C11H18ClN3OS. The van der Waals surface area contributed by atoms with Crippen LogP contribution < -0.4 is 5.32 Å². The van der Waals surface area contributed by atoms with E-state index in [0.29, 0.717) is 16.9 Å². The lowest BCUT2D eigenvalue weighted by molar-refractivity contribution is 0.182. The number of hydrogen-bond donors (Lipinski definition) is 1. The smallest absolute Gasteiger partial charge is 0.190 e. The molecule has 0 aliphatic carbocycles. The minimum Gasteiger partial charge on any atom is -0.383 e. The summed E-state index contributed by atoms with van der Waals surface area (Å²) in [6.45, 7) is 2.80. The number of nitrogens with one attached hydrogen (secondary N) is 1. The summed E-state index contributed by atoms with van der Waals surface area (Å²) in [7, 11) is 1.70. The van der Waals surface area contributed by atoms with Crippen molar-refractivity contribution in [3.8, 4) is 0 Å². The van der Waals surface area contributed by atoms with E-state index in [9.17, 15) is 0 Å². The van der Waals surface area contributed by atoms with Crippen LogP contribution in [0.25, 0.3) is 0 Å². The molecule has 0 amide bonds. The van der Waals surface area contributed by atoms with Gasteiger partial charge in [-0.25, -0.2) is 9.97 Å². The summed E-state index contributed by atoms with van der Waals surface area (Å²) in [6, 6.07) is 1.99. The van der Waals surface area contributed by atoms with E-state index >= 15 is 0 Å². The number of rotatable bonds is 7. The van der Waals surface area contributed by atoms with Gasteiger partial charge in [-0.15, -0.1) is 0 Å². The van der Waals surface area contributed by atoms with Crippen molar-refractivity contribution >= 4 is 29.2 Å². The molecular weight excluding hydrogens is 258 g/mol. The van der Waals surface area contributed by atoms with Crippen LogP contribution >= 0.6 is 23.4 Å². The summed E-state index contributed by atoms with van der Waals surface area (Å²) in [4.78, 5) is 8.45. The molecule has 1 N–H and O–H groups in total. The molecule has 17 heavy (non-hydrogen) atoms. The summed E-state index contributed by atoms with van der Waals surface area (Å²) >= 11 is 7.40. The van der Waals surface area contributed by atoms with Crippen LogP contribution in [-0.4, -0.2) is 36.0 Å². The number of ether oxygens (including phenoxy) is 1. The number of anilines is 1. The van der Waals surface area contributed by atoms with Crippen LogP contribution in [-0.2, 0) is 4.74 Å². The number of halogens is 1. The minimum absolute atomic E-state index is 0.255. The van der Waals surface area contributed by atoms with Crippen molar-refractivity contribution in [1.82, 2.24) is 9.97 Å². The Morgan fingerprint density at radius 1 is 1.53 bits per heavy atom. The van der Waals surface area contributed by atoms with Crippen molar-refractivity contribution in [2.24, 2.45) is 0 Å². The fraction of sp³-hybridized carbons (Fsp3) is 0.636. The fourth-order valence-electron chi connectivity index (χ4n) is 1.52. The molecule has 6 heteroatoms. The molecule has 0 bridgehead atoms. The van der Waals surface area contributed by atoms with E-state index in [0.717, 1.165) is 18.7 Å². The van der Waals surface area contributed by atoms with E-state index in [1.807, 2.05) is 6.26 Å². The molecule has 1 rings (SSSR count). The Morgan fingerprint density at radius 2 is 2.29 bits per heavy atom. The van der Waals surface area contributed by atoms with E-state index in [1.165, 1.54) is 11.8 Å². The third-order valence-corrected chi connectivity index (χ3v) is 2.96. The molecule has 0 saturated carbocycles. The highest BCUT2D eigenvalue weighted by atomic mass is 35.5. The van der Waals surface area contributed by atoms with Crippen LogP contribution in [0, 0.1) is 0 Å². The van der Waals surface area contributed by atoms with E-state index in [4.69, 9.17) is 16.3 Å². The first-order valence-corrected chi connectivity index (χ1v) is 7.14. The lowest BCUT2D eigenvalue weighted by Gasteiger charge is -2.17. The summed E-state index contributed by atoms with van der Waals surface area (Å²) in [5.74, 6) is 0.754. The Balaban J connectivity index is 2.73. The molecule has 0 radical (unpaired) electrons. The molecule has 0 spiro atoms. The Bertz CT molecular complexity index is 345. The summed E-state index contributed by atoms with van der Waals surface area (Å²) in [5.41, 5.74) is 0. The number of nitrogens with zero attached hydrogens (tertiary/aromatic N) is 2. The SMILES string of the molecule is CCCC(COC)Nc1cc(Cl)nc(SC)n1. The van der Waals surface area contributed by atoms with Crippen LogP contribution in [0.2, 0.25) is 5.15 Å². The van der Waals surface area contributed by atoms with Crippen LogP contribution in [0.5, 0.6) is 0 Å². The van der Waals surface area contributed by atoms with Crippen molar-refractivity contribution in [2.45, 2.75) is 31.0 Å². The molecule has 1 aromatic heterocycles. The summed E-state index contributed by atoms with van der Waals surface area (Å²) < 4.78 is 5.17. The van der Waals surface area contributed by atoms with Crippen molar-refractivity contribution in [3.63, 3.8) is 0 Å². The van der Waals surface area contributed by atoms with Crippen molar-refractivity contribution < 1.29 is 4.74 Å². The lowest BCUT2D eigenvalue weighted by atomic mass is 10.2. The second-order valence-corrected chi connectivity index (χ2v) is 4.81. The molecule has 0 aliphatic rings. The van der Waals surface area contributed by atoms with Gasteiger partial charge in [0.2, 0.25) is 0 Å². The maximum atomic E-state index is 5.93. The van der Waals surface area contributed by atoms with E-state index < -0.39 is 0 Å². The predicted octanol–water partition coefficient (Wildman–Crippen LogP) is 3.08. The standard InChI is InChI=1S/C11H18ClN3OS/c1-4-5-8(7-16-2)13-10-6-9(12)14-11(15-10)17-3/h6,8H,4-5,7H2,1-3H3,(H,13,14,15). The average molecular weight is 276 g/mol. The Morgan fingerprint density at radius 3 is 2.88 bits per heavy atom. The molecule has 96 valence electrons. The highest BCUT2D eigenvalue weighted by molar-refractivity contribution is 7.98. The Labute approximate surface area is 112 Å².